The fourth-order valence-corrected chi connectivity index (χ4v) is 10.2. The summed E-state index contributed by atoms with van der Waals surface area (Å²) in [5.74, 6) is 0. The molecule has 0 aliphatic carbocycles. The minimum Gasteiger partial charge on any atom is -0.0911 e. The summed E-state index contributed by atoms with van der Waals surface area (Å²) in [6.07, 6.45) is 0. The van der Waals surface area contributed by atoms with Gasteiger partial charge in [-0.25, -0.2) is 0 Å². The van der Waals surface area contributed by atoms with Gasteiger partial charge in [0.2, 0.25) is 6.71 Å². The van der Waals surface area contributed by atoms with Crippen molar-refractivity contribution in [3.8, 4) is 55.6 Å². The van der Waals surface area contributed by atoms with Crippen molar-refractivity contribution in [3.05, 3.63) is 188 Å². The monoisotopic (exact) mass is 682 g/mol. The third kappa shape index (κ3) is 5.54. The van der Waals surface area contributed by atoms with Gasteiger partial charge in [-0.15, -0.1) is 0 Å². The van der Waals surface area contributed by atoms with Crippen molar-refractivity contribution in [2.45, 2.75) is 19.6 Å². The van der Waals surface area contributed by atoms with Crippen molar-refractivity contribution in [1.29, 1.82) is 0 Å². The molecular weight excluding hydrogens is 651 g/mol. The highest BCUT2D eigenvalue weighted by Gasteiger charge is 2.38. The fraction of sp³-hybridized carbons (Fsp3) is 0. The second kappa shape index (κ2) is 12.7. The third-order valence-corrected chi connectivity index (χ3v) is 12.5. The quantitative estimate of drug-likeness (QED) is 0.166. The molecule has 0 nitrogen and oxygen atoms in total. The molecule has 238 valence electrons. The first-order valence-electron chi connectivity index (χ1n) is 17.4. The molecule has 2 aliphatic rings. The molecule has 0 aromatic heterocycles. The van der Waals surface area contributed by atoms with Gasteiger partial charge in [-0.05, 0) is 116 Å². The van der Waals surface area contributed by atoms with Crippen LogP contribution < -0.4 is 16.4 Å². The Hall–Kier alpha value is -5.48. The molecule has 0 amide bonds. The molecule has 0 saturated heterocycles. The molecule has 0 bridgehead atoms. The van der Waals surface area contributed by atoms with Crippen LogP contribution in [-0.2, 0) is 0 Å². The summed E-state index contributed by atoms with van der Waals surface area (Å²) in [4.78, 5) is 5.45. The first kappa shape index (κ1) is 30.4. The van der Waals surface area contributed by atoms with Gasteiger partial charge in [0.1, 0.15) is 0 Å². The van der Waals surface area contributed by atoms with E-state index in [1.54, 1.807) is 0 Å². The normalized spacial score (nSPS) is 12.5. The fourth-order valence-electron chi connectivity index (χ4n) is 7.71. The summed E-state index contributed by atoms with van der Waals surface area (Å²) in [6.45, 7) is 0.274. The van der Waals surface area contributed by atoms with Crippen LogP contribution in [0.1, 0.15) is 0 Å². The minimum absolute atomic E-state index is 0.274. The molecule has 8 aromatic carbocycles. The molecule has 0 saturated carbocycles. The molecule has 2 aliphatic heterocycles. The first-order chi connectivity index (χ1) is 25.2. The van der Waals surface area contributed by atoms with Crippen LogP contribution in [0.2, 0.25) is 0 Å². The Morgan fingerprint density at radius 1 is 0.255 bits per heavy atom. The lowest BCUT2D eigenvalue weighted by molar-refractivity contribution is 1.33. The van der Waals surface area contributed by atoms with Crippen molar-refractivity contribution in [3.63, 3.8) is 0 Å². The van der Waals surface area contributed by atoms with Gasteiger partial charge in [-0.1, -0.05) is 168 Å². The summed E-state index contributed by atoms with van der Waals surface area (Å²) in [6, 6.07) is 69.2. The Kier molecular flexibility index (Phi) is 7.55. The Balaban J connectivity index is 1.05. The van der Waals surface area contributed by atoms with Crippen LogP contribution in [0.25, 0.3) is 55.6 Å². The molecule has 8 aromatic rings. The number of benzene rings is 8. The maximum Gasteiger partial charge on any atom is 0.247 e. The molecule has 0 N–H and O–H groups in total. The van der Waals surface area contributed by atoms with Gasteiger partial charge < -0.3 is 0 Å². The second-order valence-corrected chi connectivity index (χ2v) is 15.5. The average Bonchev–Trinajstić information content (AvgIpc) is 3.21. The molecule has 0 unspecified atom stereocenters. The second-order valence-electron chi connectivity index (χ2n) is 13.3. The lowest BCUT2D eigenvalue weighted by Gasteiger charge is -2.33. The van der Waals surface area contributed by atoms with Gasteiger partial charge in [0, 0.05) is 19.6 Å². The van der Waals surface area contributed by atoms with E-state index in [-0.39, 0.29) is 6.71 Å². The van der Waals surface area contributed by atoms with Gasteiger partial charge in [0.15, 0.2) is 0 Å². The van der Waals surface area contributed by atoms with Gasteiger partial charge in [0.25, 0.3) is 0 Å². The van der Waals surface area contributed by atoms with Gasteiger partial charge in [-0.2, -0.15) is 0 Å². The molecule has 2 heterocycles. The van der Waals surface area contributed by atoms with E-state index in [0.29, 0.717) is 0 Å². The Morgan fingerprint density at radius 2 is 0.588 bits per heavy atom. The van der Waals surface area contributed by atoms with E-state index in [1.807, 2.05) is 23.5 Å². The van der Waals surface area contributed by atoms with Crippen LogP contribution in [0.3, 0.4) is 0 Å². The number of hydrogen-bond donors (Lipinski definition) is 0. The van der Waals surface area contributed by atoms with Crippen LogP contribution in [-0.4, -0.2) is 6.71 Å². The van der Waals surface area contributed by atoms with E-state index in [4.69, 9.17) is 0 Å². The summed E-state index contributed by atoms with van der Waals surface area (Å²) < 4.78 is 0. The third-order valence-electron chi connectivity index (χ3n) is 10.2. The van der Waals surface area contributed by atoms with Crippen molar-refractivity contribution in [2.24, 2.45) is 0 Å². The molecule has 0 radical (unpaired) electrons. The van der Waals surface area contributed by atoms with Crippen molar-refractivity contribution < 1.29 is 0 Å². The molecule has 0 fully saturated rings. The predicted octanol–water partition coefficient (Wildman–Crippen LogP) is 11.5. The SMILES string of the molecule is c1ccc(-c2cc(-c3ccccc3)cc(-c3cccc(-c4cccc(-c5cc6c7c(c5)Sc5ccccc5B7c5ccccc5S6)c4)c3)c2)cc1. The topological polar surface area (TPSA) is 0 Å². The molecule has 10 rings (SSSR count). The highest BCUT2D eigenvalue weighted by molar-refractivity contribution is 8.01. The summed E-state index contributed by atoms with van der Waals surface area (Å²) in [5.41, 5.74) is 16.6. The van der Waals surface area contributed by atoms with E-state index in [2.05, 4.69) is 188 Å². The number of rotatable bonds is 5. The largest absolute Gasteiger partial charge is 0.247 e. The van der Waals surface area contributed by atoms with E-state index >= 15 is 0 Å². The number of hydrogen-bond acceptors (Lipinski definition) is 2. The van der Waals surface area contributed by atoms with Gasteiger partial charge in [0.05, 0.1) is 0 Å². The maximum absolute atomic E-state index is 2.43. The molecule has 0 spiro atoms. The predicted molar refractivity (Wildman–Crippen MR) is 219 cm³/mol. The van der Waals surface area contributed by atoms with Crippen LogP contribution in [0, 0.1) is 0 Å². The molecule has 51 heavy (non-hydrogen) atoms. The van der Waals surface area contributed by atoms with Gasteiger partial charge >= 0.3 is 0 Å². The summed E-state index contributed by atoms with van der Waals surface area (Å²) in [7, 11) is 0. The lowest BCUT2D eigenvalue weighted by atomic mass is 9.36. The standard InChI is InChI=1S/C48H31BS2/c1-3-13-32(14-4-1)38-27-39(33-15-5-2-6-16-33)29-40(28-38)36-19-11-17-34(25-36)35-18-12-20-37(26-35)41-30-46-48-47(31-41)51-45-24-10-8-22-43(45)49(48)42-21-7-9-23-44(42)50-46/h1-31H. The van der Waals surface area contributed by atoms with E-state index < -0.39 is 0 Å². The molecule has 3 heteroatoms. The smallest absolute Gasteiger partial charge is 0.0911 e. The lowest BCUT2D eigenvalue weighted by Crippen LogP contribution is -2.57. The van der Waals surface area contributed by atoms with Crippen molar-refractivity contribution in [1.82, 2.24) is 0 Å². The maximum atomic E-state index is 2.43. The van der Waals surface area contributed by atoms with E-state index in [9.17, 15) is 0 Å². The highest BCUT2D eigenvalue weighted by atomic mass is 32.2. The summed E-state index contributed by atoms with van der Waals surface area (Å²) in [5, 5.41) is 0. The zero-order valence-electron chi connectivity index (χ0n) is 27.8. The first-order valence-corrected chi connectivity index (χ1v) is 19.1. The zero-order chi connectivity index (χ0) is 33.7. The van der Waals surface area contributed by atoms with E-state index in [1.165, 1.54) is 91.6 Å². The van der Waals surface area contributed by atoms with E-state index in [0.717, 1.165) is 0 Å². The van der Waals surface area contributed by atoms with Crippen LogP contribution in [0.15, 0.2) is 208 Å². The molecule has 0 atom stereocenters. The Morgan fingerprint density at radius 3 is 1.06 bits per heavy atom. The zero-order valence-corrected chi connectivity index (χ0v) is 29.4. The van der Waals surface area contributed by atoms with Crippen LogP contribution >= 0.6 is 23.5 Å². The summed E-state index contributed by atoms with van der Waals surface area (Å²) >= 11 is 3.84. The van der Waals surface area contributed by atoms with Crippen molar-refractivity contribution >= 4 is 46.6 Å². The number of fused-ring (bicyclic) bond motifs is 4. The van der Waals surface area contributed by atoms with Crippen LogP contribution in [0.4, 0.5) is 0 Å². The molecular formula is C48H31BS2. The minimum atomic E-state index is 0.274. The van der Waals surface area contributed by atoms with Crippen molar-refractivity contribution in [2.75, 3.05) is 0 Å². The Bertz CT molecular complexity index is 2460. The average molecular weight is 683 g/mol. The highest BCUT2D eigenvalue weighted by Crippen LogP contribution is 2.42. The van der Waals surface area contributed by atoms with Crippen LogP contribution in [0.5, 0.6) is 0 Å². The van der Waals surface area contributed by atoms with Gasteiger partial charge in [-0.3, -0.25) is 0 Å². The Labute approximate surface area is 308 Å².